The number of aromatic nitrogens is 2. The predicted molar refractivity (Wildman–Crippen MR) is 111 cm³/mol. The molecule has 2 aromatic carbocycles. The number of carbonyl (C=O) groups excluding carboxylic acids is 2. The summed E-state index contributed by atoms with van der Waals surface area (Å²) in [5.41, 5.74) is 3.65. The Morgan fingerprint density at radius 1 is 1.00 bits per heavy atom. The molecule has 6 nitrogen and oxygen atoms in total. The van der Waals surface area contributed by atoms with Gasteiger partial charge in [-0.3, -0.25) is 9.59 Å². The standard InChI is InChI=1S/C23H24N4O2/c1-18-7-2-3-8-19(18)17-26-16-15-25(14-11-22(26)28)23(29)20-9-4-5-10-21(20)27-13-6-12-24-27/h2-10,12-13H,11,14-17H2,1H3. The minimum Gasteiger partial charge on any atom is -0.337 e. The van der Waals surface area contributed by atoms with Gasteiger partial charge in [0.2, 0.25) is 5.91 Å². The lowest BCUT2D eigenvalue weighted by atomic mass is 10.1. The van der Waals surface area contributed by atoms with E-state index in [0.717, 1.165) is 11.3 Å². The van der Waals surface area contributed by atoms with E-state index in [9.17, 15) is 9.59 Å². The summed E-state index contributed by atoms with van der Waals surface area (Å²) in [7, 11) is 0. The molecule has 1 aliphatic rings. The van der Waals surface area contributed by atoms with Crippen LogP contribution in [0, 0.1) is 6.92 Å². The summed E-state index contributed by atoms with van der Waals surface area (Å²) < 4.78 is 1.70. The van der Waals surface area contributed by atoms with E-state index < -0.39 is 0 Å². The zero-order valence-electron chi connectivity index (χ0n) is 16.5. The van der Waals surface area contributed by atoms with Crippen LogP contribution in [0.3, 0.4) is 0 Å². The number of para-hydroxylation sites is 1. The van der Waals surface area contributed by atoms with Gasteiger partial charge < -0.3 is 9.80 Å². The Hall–Kier alpha value is -3.41. The first kappa shape index (κ1) is 18.9. The van der Waals surface area contributed by atoms with E-state index in [1.54, 1.807) is 15.8 Å². The van der Waals surface area contributed by atoms with Crippen molar-refractivity contribution in [3.63, 3.8) is 0 Å². The summed E-state index contributed by atoms with van der Waals surface area (Å²) in [6.07, 6.45) is 3.85. The van der Waals surface area contributed by atoms with E-state index in [1.165, 1.54) is 5.56 Å². The zero-order chi connectivity index (χ0) is 20.2. The lowest BCUT2D eigenvalue weighted by molar-refractivity contribution is -0.130. The number of aryl methyl sites for hydroxylation is 1. The van der Waals surface area contributed by atoms with Gasteiger partial charge in [-0.2, -0.15) is 5.10 Å². The smallest absolute Gasteiger partial charge is 0.256 e. The van der Waals surface area contributed by atoms with Crippen molar-refractivity contribution in [2.45, 2.75) is 19.9 Å². The van der Waals surface area contributed by atoms with Crippen LogP contribution in [0.15, 0.2) is 67.0 Å². The Morgan fingerprint density at radius 2 is 1.79 bits per heavy atom. The molecular formula is C23H24N4O2. The zero-order valence-corrected chi connectivity index (χ0v) is 16.5. The third-order valence-corrected chi connectivity index (χ3v) is 5.38. The molecule has 0 unspecified atom stereocenters. The first-order chi connectivity index (χ1) is 14.1. The Balaban J connectivity index is 1.51. The third-order valence-electron chi connectivity index (χ3n) is 5.38. The number of rotatable bonds is 4. The predicted octanol–water partition coefficient (Wildman–Crippen LogP) is 3.06. The van der Waals surface area contributed by atoms with E-state index in [2.05, 4.69) is 24.2 Å². The molecule has 148 valence electrons. The molecular weight excluding hydrogens is 364 g/mol. The molecule has 1 saturated heterocycles. The van der Waals surface area contributed by atoms with Gasteiger partial charge in [-0.1, -0.05) is 36.4 Å². The first-order valence-electron chi connectivity index (χ1n) is 9.84. The van der Waals surface area contributed by atoms with Crippen LogP contribution in [-0.4, -0.2) is 51.0 Å². The molecule has 0 bridgehead atoms. The summed E-state index contributed by atoms with van der Waals surface area (Å²) in [6.45, 7) is 4.11. The Morgan fingerprint density at radius 3 is 2.59 bits per heavy atom. The van der Waals surface area contributed by atoms with Gasteiger partial charge in [-0.05, 0) is 36.2 Å². The quantitative estimate of drug-likeness (QED) is 0.690. The Labute approximate surface area is 170 Å². The second-order valence-electron chi connectivity index (χ2n) is 7.25. The van der Waals surface area contributed by atoms with Crippen LogP contribution in [0.2, 0.25) is 0 Å². The molecule has 2 amide bonds. The number of amides is 2. The van der Waals surface area contributed by atoms with Crippen molar-refractivity contribution < 1.29 is 9.59 Å². The average molecular weight is 388 g/mol. The molecule has 0 atom stereocenters. The number of carbonyl (C=O) groups is 2. The second kappa shape index (κ2) is 8.31. The molecule has 3 aromatic rings. The molecule has 2 heterocycles. The fourth-order valence-electron chi connectivity index (χ4n) is 3.67. The average Bonchev–Trinajstić information content (AvgIpc) is 3.22. The van der Waals surface area contributed by atoms with Crippen LogP contribution in [0.1, 0.15) is 27.9 Å². The summed E-state index contributed by atoms with van der Waals surface area (Å²) in [5, 5.41) is 4.26. The molecule has 1 fully saturated rings. The van der Waals surface area contributed by atoms with Gasteiger partial charge >= 0.3 is 0 Å². The van der Waals surface area contributed by atoms with E-state index in [1.807, 2.05) is 53.6 Å². The molecule has 29 heavy (non-hydrogen) atoms. The van der Waals surface area contributed by atoms with Crippen molar-refractivity contribution in [3.8, 4) is 5.69 Å². The highest BCUT2D eigenvalue weighted by Crippen LogP contribution is 2.19. The molecule has 0 saturated carbocycles. The van der Waals surface area contributed by atoms with Crippen molar-refractivity contribution in [1.29, 1.82) is 0 Å². The van der Waals surface area contributed by atoms with Crippen molar-refractivity contribution in [2.24, 2.45) is 0 Å². The maximum absolute atomic E-state index is 13.2. The lowest BCUT2D eigenvalue weighted by Crippen LogP contribution is -2.36. The van der Waals surface area contributed by atoms with Gasteiger partial charge in [0, 0.05) is 45.0 Å². The highest BCUT2D eigenvalue weighted by Gasteiger charge is 2.26. The highest BCUT2D eigenvalue weighted by atomic mass is 16.2. The SMILES string of the molecule is Cc1ccccc1CN1CCN(C(=O)c2ccccc2-n2cccn2)CCC1=O. The van der Waals surface area contributed by atoms with Crippen LogP contribution in [-0.2, 0) is 11.3 Å². The van der Waals surface area contributed by atoms with Gasteiger partial charge in [-0.25, -0.2) is 4.68 Å². The van der Waals surface area contributed by atoms with Crippen molar-refractivity contribution in [3.05, 3.63) is 83.7 Å². The van der Waals surface area contributed by atoms with Gasteiger partial charge in [-0.15, -0.1) is 0 Å². The fraction of sp³-hybridized carbons (Fsp3) is 0.261. The molecule has 1 aliphatic heterocycles. The van der Waals surface area contributed by atoms with Crippen LogP contribution in [0.25, 0.3) is 5.69 Å². The normalized spacial score (nSPS) is 14.7. The third kappa shape index (κ3) is 4.06. The van der Waals surface area contributed by atoms with Crippen LogP contribution >= 0.6 is 0 Å². The van der Waals surface area contributed by atoms with Crippen molar-refractivity contribution >= 4 is 11.8 Å². The topological polar surface area (TPSA) is 58.4 Å². The minimum absolute atomic E-state index is 0.0679. The van der Waals surface area contributed by atoms with E-state index >= 15 is 0 Å². The molecule has 0 aliphatic carbocycles. The summed E-state index contributed by atoms with van der Waals surface area (Å²) in [6, 6.07) is 17.4. The fourth-order valence-corrected chi connectivity index (χ4v) is 3.67. The van der Waals surface area contributed by atoms with E-state index in [0.29, 0.717) is 38.2 Å². The maximum atomic E-state index is 13.2. The summed E-state index contributed by atoms with van der Waals surface area (Å²) in [5.74, 6) is 0.0190. The van der Waals surface area contributed by atoms with E-state index in [4.69, 9.17) is 0 Å². The van der Waals surface area contributed by atoms with Crippen molar-refractivity contribution in [1.82, 2.24) is 19.6 Å². The molecule has 6 heteroatoms. The molecule has 1 aromatic heterocycles. The van der Waals surface area contributed by atoms with Gasteiger partial charge in [0.15, 0.2) is 0 Å². The van der Waals surface area contributed by atoms with E-state index in [-0.39, 0.29) is 11.8 Å². The maximum Gasteiger partial charge on any atom is 0.256 e. The first-order valence-corrected chi connectivity index (χ1v) is 9.84. The molecule has 0 spiro atoms. The minimum atomic E-state index is -0.0679. The lowest BCUT2D eigenvalue weighted by Gasteiger charge is -2.23. The second-order valence-corrected chi connectivity index (χ2v) is 7.25. The number of hydrogen-bond acceptors (Lipinski definition) is 3. The van der Waals surface area contributed by atoms with Crippen LogP contribution < -0.4 is 0 Å². The van der Waals surface area contributed by atoms with Crippen molar-refractivity contribution in [2.75, 3.05) is 19.6 Å². The summed E-state index contributed by atoms with van der Waals surface area (Å²) >= 11 is 0. The number of hydrogen-bond donors (Lipinski definition) is 0. The Bertz CT molecular complexity index is 1010. The van der Waals surface area contributed by atoms with Gasteiger partial charge in [0.25, 0.3) is 5.91 Å². The monoisotopic (exact) mass is 388 g/mol. The van der Waals surface area contributed by atoms with Gasteiger partial charge in [0.05, 0.1) is 11.3 Å². The Kier molecular flexibility index (Phi) is 5.42. The number of nitrogens with zero attached hydrogens (tertiary/aromatic N) is 4. The molecule has 0 N–H and O–H groups in total. The molecule has 4 rings (SSSR count). The van der Waals surface area contributed by atoms with Crippen LogP contribution in [0.5, 0.6) is 0 Å². The molecule has 0 radical (unpaired) electrons. The van der Waals surface area contributed by atoms with Gasteiger partial charge in [0.1, 0.15) is 0 Å². The summed E-state index contributed by atoms with van der Waals surface area (Å²) in [4.78, 5) is 29.5. The largest absolute Gasteiger partial charge is 0.337 e. The number of benzene rings is 2. The highest BCUT2D eigenvalue weighted by molar-refractivity contribution is 5.98. The van der Waals surface area contributed by atoms with Crippen LogP contribution in [0.4, 0.5) is 0 Å².